The summed E-state index contributed by atoms with van der Waals surface area (Å²) in [5, 5.41) is 3.23. The van der Waals surface area contributed by atoms with Gasteiger partial charge in [0.25, 0.3) is 0 Å². The Morgan fingerprint density at radius 2 is 2.09 bits per heavy atom. The van der Waals surface area contributed by atoms with Crippen LogP contribution in [0, 0.1) is 5.92 Å². The maximum absolute atomic E-state index is 11.0. The number of aliphatic imine (C=N–C) groups is 1. The van der Waals surface area contributed by atoms with Gasteiger partial charge < -0.3 is 15.0 Å². The van der Waals surface area contributed by atoms with E-state index in [4.69, 9.17) is 4.74 Å². The molecule has 1 saturated carbocycles. The number of ether oxygens (including phenoxy) is 1. The van der Waals surface area contributed by atoms with Gasteiger partial charge in [-0.3, -0.25) is 4.99 Å². The summed E-state index contributed by atoms with van der Waals surface area (Å²) in [6.45, 7) is 6.19. The van der Waals surface area contributed by atoms with Gasteiger partial charge in [-0.1, -0.05) is 0 Å². The van der Waals surface area contributed by atoms with Crippen molar-refractivity contribution in [1.29, 1.82) is 0 Å². The smallest absolute Gasteiger partial charge is 0.208 e. The molecule has 0 aliphatic heterocycles. The summed E-state index contributed by atoms with van der Waals surface area (Å²) in [5.74, 6) is 1.62. The number of sulfonamides is 1. The van der Waals surface area contributed by atoms with Crippen LogP contribution < -0.4 is 10.0 Å². The second kappa shape index (κ2) is 12.3. The monoisotopic (exact) mass is 462 g/mol. The predicted molar refractivity (Wildman–Crippen MR) is 105 cm³/mol. The van der Waals surface area contributed by atoms with Crippen molar-refractivity contribution >= 4 is 40.0 Å². The van der Waals surface area contributed by atoms with Gasteiger partial charge in [-0.25, -0.2) is 13.1 Å². The Bertz CT molecular complexity index is 441. The highest BCUT2D eigenvalue weighted by Crippen LogP contribution is 2.28. The minimum Gasteiger partial charge on any atom is -0.379 e. The van der Waals surface area contributed by atoms with E-state index >= 15 is 0 Å². The summed E-state index contributed by atoms with van der Waals surface area (Å²) >= 11 is 0. The molecule has 0 atom stereocenters. The molecule has 1 rings (SSSR count). The molecular formula is C14H31IN4O3S. The normalized spacial score (nSPS) is 15.2. The van der Waals surface area contributed by atoms with Crippen LogP contribution in [0.4, 0.5) is 0 Å². The SMILES string of the molecule is CCNC(=NCCCNS(C)(=O)=O)N(C)CCOCC1CC1.I. The predicted octanol–water partition coefficient (Wildman–Crippen LogP) is 0.868. The third-order valence-electron chi connectivity index (χ3n) is 3.28. The maximum Gasteiger partial charge on any atom is 0.208 e. The number of hydrogen-bond acceptors (Lipinski definition) is 4. The van der Waals surface area contributed by atoms with Crippen LogP contribution in [0.5, 0.6) is 0 Å². The van der Waals surface area contributed by atoms with Crippen LogP contribution in [-0.4, -0.2) is 72.0 Å². The molecule has 0 heterocycles. The molecular weight excluding hydrogens is 431 g/mol. The molecule has 1 aliphatic rings. The van der Waals surface area contributed by atoms with Crippen LogP contribution >= 0.6 is 24.0 Å². The molecule has 0 aromatic carbocycles. The van der Waals surface area contributed by atoms with Crippen LogP contribution in [0.1, 0.15) is 26.2 Å². The number of guanidine groups is 1. The Hall–Kier alpha value is -0.130. The first-order valence-corrected chi connectivity index (χ1v) is 9.83. The molecule has 23 heavy (non-hydrogen) atoms. The molecule has 0 unspecified atom stereocenters. The van der Waals surface area contributed by atoms with E-state index in [0.29, 0.717) is 26.1 Å². The van der Waals surface area contributed by atoms with E-state index in [1.54, 1.807) is 0 Å². The molecule has 0 aromatic heterocycles. The molecule has 0 saturated heterocycles. The molecule has 0 amide bonds. The van der Waals surface area contributed by atoms with Crippen molar-refractivity contribution in [1.82, 2.24) is 14.9 Å². The third-order valence-corrected chi connectivity index (χ3v) is 4.01. The zero-order valence-electron chi connectivity index (χ0n) is 14.4. The zero-order valence-corrected chi connectivity index (χ0v) is 17.5. The Morgan fingerprint density at radius 1 is 1.39 bits per heavy atom. The van der Waals surface area contributed by atoms with Gasteiger partial charge in [0, 0.05) is 39.8 Å². The standard InChI is InChI=1S/C14H30N4O3S.HI/c1-4-15-14(16-8-5-9-17-22(3,19)20)18(2)10-11-21-12-13-6-7-13;/h13,17H,4-12H2,1-3H3,(H,15,16);1H. The van der Waals surface area contributed by atoms with E-state index in [-0.39, 0.29) is 24.0 Å². The zero-order chi connectivity index (χ0) is 16.4. The Kier molecular flexibility index (Phi) is 12.2. The third kappa shape index (κ3) is 12.9. The van der Waals surface area contributed by atoms with Gasteiger partial charge in [-0.2, -0.15) is 0 Å². The highest BCUT2D eigenvalue weighted by atomic mass is 127. The van der Waals surface area contributed by atoms with Crippen LogP contribution in [0.15, 0.2) is 4.99 Å². The van der Waals surface area contributed by atoms with Crippen LogP contribution in [0.25, 0.3) is 0 Å². The summed E-state index contributed by atoms with van der Waals surface area (Å²) in [6, 6.07) is 0. The van der Waals surface area contributed by atoms with Crippen LogP contribution in [0.3, 0.4) is 0 Å². The van der Waals surface area contributed by atoms with E-state index in [9.17, 15) is 8.42 Å². The van der Waals surface area contributed by atoms with Gasteiger partial charge in [-0.15, -0.1) is 24.0 Å². The van der Waals surface area contributed by atoms with Gasteiger partial charge in [0.1, 0.15) is 0 Å². The topological polar surface area (TPSA) is 83.0 Å². The molecule has 138 valence electrons. The molecule has 2 N–H and O–H groups in total. The fourth-order valence-electron chi connectivity index (χ4n) is 1.83. The lowest BCUT2D eigenvalue weighted by molar-refractivity contribution is 0.115. The first kappa shape index (κ1) is 22.9. The molecule has 7 nitrogen and oxygen atoms in total. The summed E-state index contributed by atoms with van der Waals surface area (Å²) in [5.41, 5.74) is 0. The average molecular weight is 462 g/mol. The van der Waals surface area contributed by atoms with E-state index in [1.807, 2.05) is 18.9 Å². The molecule has 9 heteroatoms. The second-order valence-electron chi connectivity index (χ2n) is 5.70. The molecule has 0 spiro atoms. The summed E-state index contributed by atoms with van der Waals surface area (Å²) in [4.78, 5) is 6.54. The van der Waals surface area contributed by atoms with Gasteiger partial charge in [0.05, 0.1) is 12.9 Å². The van der Waals surface area contributed by atoms with Crippen molar-refractivity contribution in [2.45, 2.75) is 26.2 Å². The first-order chi connectivity index (χ1) is 10.4. The quantitative estimate of drug-likeness (QED) is 0.206. The van der Waals surface area contributed by atoms with E-state index < -0.39 is 10.0 Å². The van der Waals surface area contributed by atoms with Gasteiger partial charge in [0.2, 0.25) is 10.0 Å². The molecule has 0 aromatic rings. The van der Waals surface area contributed by atoms with Crippen molar-refractivity contribution in [2.24, 2.45) is 10.9 Å². The summed E-state index contributed by atoms with van der Waals surface area (Å²) in [6.07, 6.45) is 4.45. The van der Waals surface area contributed by atoms with E-state index in [2.05, 4.69) is 15.0 Å². The molecule has 1 fully saturated rings. The van der Waals surface area contributed by atoms with Gasteiger partial charge in [-0.05, 0) is 32.1 Å². The maximum atomic E-state index is 11.0. The molecule has 1 aliphatic carbocycles. The van der Waals surface area contributed by atoms with Crippen molar-refractivity contribution in [3.63, 3.8) is 0 Å². The molecule has 0 radical (unpaired) electrons. The van der Waals surface area contributed by atoms with Gasteiger partial charge in [0.15, 0.2) is 5.96 Å². The minimum atomic E-state index is -3.11. The Morgan fingerprint density at radius 3 is 2.65 bits per heavy atom. The fourth-order valence-corrected chi connectivity index (χ4v) is 2.35. The Labute approximate surface area is 157 Å². The summed E-state index contributed by atoms with van der Waals surface area (Å²) < 4.78 is 30.0. The van der Waals surface area contributed by atoms with Crippen LogP contribution in [0.2, 0.25) is 0 Å². The lowest BCUT2D eigenvalue weighted by Gasteiger charge is -2.22. The van der Waals surface area contributed by atoms with Crippen molar-refractivity contribution in [3.05, 3.63) is 0 Å². The number of halogens is 1. The van der Waals surface area contributed by atoms with Crippen molar-refractivity contribution < 1.29 is 13.2 Å². The molecule has 0 bridgehead atoms. The largest absolute Gasteiger partial charge is 0.379 e. The fraction of sp³-hybridized carbons (Fsp3) is 0.929. The highest BCUT2D eigenvalue weighted by Gasteiger charge is 2.21. The van der Waals surface area contributed by atoms with Crippen molar-refractivity contribution in [3.8, 4) is 0 Å². The number of nitrogens with zero attached hydrogens (tertiary/aromatic N) is 2. The lowest BCUT2D eigenvalue weighted by Crippen LogP contribution is -2.40. The number of hydrogen-bond donors (Lipinski definition) is 2. The number of nitrogens with one attached hydrogen (secondary N) is 2. The Balaban J connectivity index is 0.00000484. The van der Waals surface area contributed by atoms with Crippen molar-refractivity contribution in [2.75, 3.05) is 52.7 Å². The van der Waals surface area contributed by atoms with E-state index in [0.717, 1.165) is 37.8 Å². The van der Waals surface area contributed by atoms with Crippen LogP contribution in [-0.2, 0) is 14.8 Å². The summed E-state index contributed by atoms with van der Waals surface area (Å²) in [7, 11) is -1.13. The first-order valence-electron chi connectivity index (χ1n) is 7.94. The minimum absolute atomic E-state index is 0. The van der Waals surface area contributed by atoms with Gasteiger partial charge >= 0.3 is 0 Å². The second-order valence-corrected chi connectivity index (χ2v) is 7.53. The number of likely N-dealkylation sites (N-methyl/N-ethyl adjacent to an activating group) is 1. The lowest BCUT2D eigenvalue weighted by atomic mass is 10.4. The highest BCUT2D eigenvalue weighted by molar-refractivity contribution is 14.0. The number of rotatable bonds is 11. The van der Waals surface area contributed by atoms with E-state index in [1.165, 1.54) is 12.8 Å². The average Bonchev–Trinajstić information content (AvgIpc) is 3.24.